The number of nitrogens with zero attached hydrogens (tertiary/aromatic N) is 4. The Morgan fingerprint density at radius 3 is 2.66 bits per heavy atom. The first kappa shape index (κ1) is 18.0. The van der Waals surface area contributed by atoms with Crippen LogP contribution in [-0.2, 0) is 4.74 Å². The Hall–Kier alpha value is -3.06. The number of amides is 1. The molecular formula is C22H21FN4O2. The van der Waals surface area contributed by atoms with Crippen molar-refractivity contribution in [2.75, 3.05) is 26.3 Å². The Morgan fingerprint density at radius 1 is 1.17 bits per heavy atom. The van der Waals surface area contributed by atoms with E-state index in [0.717, 1.165) is 5.56 Å². The minimum absolute atomic E-state index is 0.00254. The average molecular weight is 392 g/mol. The molecule has 0 saturated carbocycles. The Balaban J connectivity index is 1.53. The quantitative estimate of drug-likeness (QED) is 0.687. The molecule has 7 heteroatoms. The van der Waals surface area contributed by atoms with Gasteiger partial charge >= 0.3 is 0 Å². The van der Waals surface area contributed by atoms with E-state index >= 15 is 0 Å². The molecule has 0 radical (unpaired) electrons. The van der Waals surface area contributed by atoms with Crippen LogP contribution in [0.4, 0.5) is 4.39 Å². The number of aromatic nitrogens is 3. The number of benzene rings is 2. The summed E-state index contributed by atoms with van der Waals surface area (Å²) in [6.07, 6.45) is 0. The van der Waals surface area contributed by atoms with Gasteiger partial charge in [-0.2, -0.15) is 0 Å². The highest BCUT2D eigenvalue weighted by atomic mass is 19.1. The van der Waals surface area contributed by atoms with E-state index in [0.29, 0.717) is 43.7 Å². The molecule has 0 spiro atoms. The van der Waals surface area contributed by atoms with Crippen molar-refractivity contribution in [1.29, 1.82) is 0 Å². The van der Waals surface area contributed by atoms with Gasteiger partial charge in [0.1, 0.15) is 5.82 Å². The van der Waals surface area contributed by atoms with E-state index in [1.54, 1.807) is 16.8 Å². The van der Waals surface area contributed by atoms with Crippen molar-refractivity contribution >= 4 is 5.91 Å². The molecule has 2 unspecified atom stereocenters. The molecule has 3 aromatic rings. The van der Waals surface area contributed by atoms with Gasteiger partial charge < -0.3 is 9.64 Å². The number of halogens is 1. The Morgan fingerprint density at radius 2 is 1.93 bits per heavy atom. The Kier molecular flexibility index (Phi) is 4.20. The van der Waals surface area contributed by atoms with E-state index in [-0.39, 0.29) is 23.0 Å². The normalized spacial score (nSPS) is 23.4. The fourth-order valence-corrected chi connectivity index (χ4v) is 4.20. The second-order valence-electron chi connectivity index (χ2n) is 8.07. The molecule has 1 amide bonds. The van der Waals surface area contributed by atoms with Crippen molar-refractivity contribution in [3.63, 3.8) is 0 Å². The molecule has 0 aliphatic carbocycles. The van der Waals surface area contributed by atoms with Gasteiger partial charge in [0.05, 0.1) is 18.9 Å². The molecular weight excluding hydrogens is 371 g/mol. The van der Waals surface area contributed by atoms with E-state index in [1.807, 2.05) is 35.2 Å². The molecule has 29 heavy (non-hydrogen) atoms. The lowest BCUT2D eigenvalue weighted by atomic mass is 9.83. The summed E-state index contributed by atoms with van der Waals surface area (Å²) in [6, 6.07) is 15.6. The summed E-state index contributed by atoms with van der Waals surface area (Å²) in [5, 5.41) is 4.51. The number of likely N-dealkylation sites (tertiary alicyclic amines) is 1. The summed E-state index contributed by atoms with van der Waals surface area (Å²) in [6.45, 7) is 4.82. The van der Waals surface area contributed by atoms with E-state index < -0.39 is 0 Å². The molecule has 2 atom stereocenters. The molecule has 5 rings (SSSR count). The first-order valence-electron chi connectivity index (χ1n) is 9.69. The van der Waals surface area contributed by atoms with Crippen LogP contribution in [0.3, 0.4) is 0 Å². The van der Waals surface area contributed by atoms with Crippen LogP contribution < -0.4 is 0 Å². The van der Waals surface area contributed by atoms with Crippen molar-refractivity contribution in [3.8, 4) is 17.1 Å². The molecule has 2 saturated heterocycles. The average Bonchev–Trinajstić information content (AvgIpc) is 3.40. The monoisotopic (exact) mass is 392 g/mol. The van der Waals surface area contributed by atoms with Gasteiger partial charge in [0.2, 0.25) is 5.82 Å². The van der Waals surface area contributed by atoms with Crippen molar-refractivity contribution in [2.45, 2.75) is 6.92 Å². The molecule has 6 nitrogen and oxygen atoms in total. The maximum atomic E-state index is 13.4. The summed E-state index contributed by atoms with van der Waals surface area (Å²) in [5.74, 6) is 0.538. The topological polar surface area (TPSA) is 60.2 Å². The highest BCUT2D eigenvalue weighted by Gasteiger charge is 2.49. The molecule has 0 N–H and O–H groups in total. The number of rotatable bonds is 3. The van der Waals surface area contributed by atoms with Gasteiger partial charge in [0.25, 0.3) is 5.91 Å². The van der Waals surface area contributed by atoms with Gasteiger partial charge in [0.15, 0.2) is 5.82 Å². The molecule has 2 aliphatic rings. The Labute approximate surface area is 167 Å². The second kappa shape index (κ2) is 6.77. The third-order valence-corrected chi connectivity index (χ3v) is 5.92. The standard InChI is InChI=1S/C22H21FN4O2/c1-22-13-26(11-16(22)12-29-14-22)21(28)19-24-20(15-5-3-2-4-6-15)27(25-19)18-9-7-17(23)8-10-18/h2-10,16H,11-14H2,1H3. The zero-order valence-electron chi connectivity index (χ0n) is 16.1. The van der Waals surface area contributed by atoms with Crippen molar-refractivity contribution < 1.29 is 13.9 Å². The molecule has 2 aromatic carbocycles. The fraction of sp³-hybridized carbons (Fsp3) is 0.318. The molecule has 2 fully saturated rings. The van der Waals surface area contributed by atoms with Crippen LogP contribution in [0.1, 0.15) is 17.5 Å². The van der Waals surface area contributed by atoms with Crippen molar-refractivity contribution in [3.05, 3.63) is 66.2 Å². The number of carbonyl (C=O) groups is 1. The van der Waals surface area contributed by atoms with Gasteiger partial charge in [-0.1, -0.05) is 37.3 Å². The maximum Gasteiger partial charge on any atom is 0.293 e. The lowest BCUT2D eigenvalue weighted by Gasteiger charge is -2.20. The number of hydrogen-bond donors (Lipinski definition) is 0. The number of fused-ring (bicyclic) bond motifs is 1. The summed E-state index contributed by atoms with van der Waals surface area (Å²) in [4.78, 5) is 19.6. The predicted octanol–water partition coefficient (Wildman–Crippen LogP) is 3.18. The first-order valence-corrected chi connectivity index (χ1v) is 9.69. The van der Waals surface area contributed by atoms with Crippen LogP contribution in [0.25, 0.3) is 17.1 Å². The highest BCUT2D eigenvalue weighted by Crippen LogP contribution is 2.41. The van der Waals surface area contributed by atoms with E-state index in [9.17, 15) is 9.18 Å². The van der Waals surface area contributed by atoms with Gasteiger partial charge in [0, 0.05) is 30.0 Å². The number of carbonyl (C=O) groups excluding carboxylic acids is 1. The predicted molar refractivity (Wildman–Crippen MR) is 105 cm³/mol. The first-order chi connectivity index (χ1) is 14.0. The van der Waals surface area contributed by atoms with Gasteiger partial charge in [-0.25, -0.2) is 14.1 Å². The molecule has 1 aromatic heterocycles. The lowest BCUT2D eigenvalue weighted by molar-refractivity contribution is 0.0716. The Bertz CT molecular complexity index is 1050. The van der Waals surface area contributed by atoms with Crippen LogP contribution >= 0.6 is 0 Å². The van der Waals surface area contributed by atoms with Crippen LogP contribution in [0.15, 0.2) is 54.6 Å². The molecule has 3 heterocycles. The van der Waals surface area contributed by atoms with Gasteiger partial charge in [-0.3, -0.25) is 4.79 Å². The summed E-state index contributed by atoms with van der Waals surface area (Å²) in [7, 11) is 0. The van der Waals surface area contributed by atoms with E-state index in [1.165, 1.54) is 12.1 Å². The SMILES string of the molecule is CC12COCC1CN(C(=O)c1nc(-c3ccccc3)n(-c3ccc(F)cc3)n1)C2. The third-order valence-electron chi connectivity index (χ3n) is 5.92. The van der Waals surface area contributed by atoms with E-state index in [4.69, 9.17) is 4.74 Å². The van der Waals surface area contributed by atoms with Gasteiger partial charge in [-0.05, 0) is 24.3 Å². The van der Waals surface area contributed by atoms with Crippen LogP contribution in [0.2, 0.25) is 0 Å². The van der Waals surface area contributed by atoms with Crippen LogP contribution in [0.5, 0.6) is 0 Å². The van der Waals surface area contributed by atoms with E-state index in [2.05, 4.69) is 17.0 Å². The smallest absolute Gasteiger partial charge is 0.293 e. The molecule has 148 valence electrons. The second-order valence-corrected chi connectivity index (χ2v) is 8.07. The van der Waals surface area contributed by atoms with Crippen LogP contribution in [-0.4, -0.2) is 51.9 Å². The molecule has 2 aliphatic heterocycles. The molecule has 0 bridgehead atoms. The number of ether oxygens (including phenoxy) is 1. The zero-order valence-corrected chi connectivity index (χ0v) is 16.1. The maximum absolute atomic E-state index is 13.4. The summed E-state index contributed by atoms with van der Waals surface area (Å²) >= 11 is 0. The van der Waals surface area contributed by atoms with Gasteiger partial charge in [-0.15, -0.1) is 5.10 Å². The van der Waals surface area contributed by atoms with Crippen molar-refractivity contribution in [2.24, 2.45) is 11.3 Å². The highest BCUT2D eigenvalue weighted by molar-refractivity contribution is 5.91. The summed E-state index contributed by atoms with van der Waals surface area (Å²) < 4.78 is 20.6. The fourth-order valence-electron chi connectivity index (χ4n) is 4.20. The van der Waals surface area contributed by atoms with Crippen molar-refractivity contribution in [1.82, 2.24) is 19.7 Å². The lowest BCUT2D eigenvalue weighted by Crippen LogP contribution is -2.33. The zero-order chi connectivity index (χ0) is 20.0. The third kappa shape index (κ3) is 3.11. The minimum atomic E-state index is -0.328. The largest absolute Gasteiger partial charge is 0.380 e. The van der Waals surface area contributed by atoms with Crippen LogP contribution in [0, 0.1) is 17.2 Å². The summed E-state index contributed by atoms with van der Waals surface area (Å²) in [5.41, 5.74) is 1.48. The number of hydrogen-bond acceptors (Lipinski definition) is 4. The minimum Gasteiger partial charge on any atom is -0.380 e.